The van der Waals surface area contributed by atoms with Gasteiger partial charge in [0.25, 0.3) is 0 Å². The van der Waals surface area contributed by atoms with Crippen LogP contribution in [0.25, 0.3) is 17.1 Å². The van der Waals surface area contributed by atoms with Gasteiger partial charge in [0.05, 0.1) is 19.9 Å². The highest BCUT2D eigenvalue weighted by atomic mass is 79.9. The lowest BCUT2D eigenvalue weighted by atomic mass is 10.2. The Bertz CT molecular complexity index is 1010. The van der Waals surface area contributed by atoms with Crippen molar-refractivity contribution in [3.63, 3.8) is 0 Å². The molecule has 2 aromatic heterocycles. The molecule has 0 atom stereocenters. The molecule has 6 nitrogen and oxygen atoms in total. The standard InChI is InChI=1S/C19H16BrN5O/c1-26-17-8-4-15(5-9-17)18-13-25(23-21-18)19-10-11-24(22-19)12-14-2-6-16(20)7-3-14/h2-11,13H,12H2,1H3. The van der Waals surface area contributed by atoms with Crippen molar-refractivity contribution in [2.45, 2.75) is 6.54 Å². The molecule has 4 aromatic rings. The predicted molar refractivity (Wildman–Crippen MR) is 102 cm³/mol. The Morgan fingerprint density at radius 1 is 1.00 bits per heavy atom. The summed E-state index contributed by atoms with van der Waals surface area (Å²) < 4.78 is 9.81. The maximum absolute atomic E-state index is 5.18. The maximum Gasteiger partial charge on any atom is 0.176 e. The van der Waals surface area contributed by atoms with Crippen molar-refractivity contribution in [3.8, 4) is 22.8 Å². The van der Waals surface area contributed by atoms with Crippen LogP contribution in [0.1, 0.15) is 5.56 Å². The molecule has 0 N–H and O–H groups in total. The minimum Gasteiger partial charge on any atom is -0.497 e. The zero-order chi connectivity index (χ0) is 17.9. The van der Waals surface area contributed by atoms with Gasteiger partial charge >= 0.3 is 0 Å². The second kappa shape index (κ2) is 7.13. The summed E-state index contributed by atoms with van der Waals surface area (Å²) in [5.41, 5.74) is 2.95. The molecule has 0 saturated carbocycles. The van der Waals surface area contributed by atoms with Crippen LogP contribution in [0.15, 0.2) is 71.5 Å². The third kappa shape index (κ3) is 3.52. The molecule has 0 amide bonds. The number of hydrogen-bond donors (Lipinski definition) is 0. The SMILES string of the molecule is COc1ccc(-c2cn(-c3ccn(Cc4ccc(Br)cc4)n3)nn2)cc1. The summed E-state index contributed by atoms with van der Waals surface area (Å²) in [7, 11) is 1.65. The molecule has 130 valence electrons. The third-order valence-electron chi connectivity index (χ3n) is 4.00. The molecule has 0 bridgehead atoms. The normalized spacial score (nSPS) is 10.8. The van der Waals surface area contributed by atoms with Crippen LogP contribution in [0.2, 0.25) is 0 Å². The van der Waals surface area contributed by atoms with Gasteiger partial charge in [-0.3, -0.25) is 4.68 Å². The average molecular weight is 410 g/mol. The number of ether oxygens (including phenoxy) is 1. The number of halogens is 1. The Labute approximate surface area is 159 Å². The van der Waals surface area contributed by atoms with Crippen LogP contribution in [-0.2, 0) is 6.54 Å². The van der Waals surface area contributed by atoms with Crippen LogP contribution < -0.4 is 4.74 Å². The van der Waals surface area contributed by atoms with E-state index in [1.54, 1.807) is 11.8 Å². The Balaban J connectivity index is 1.52. The number of benzene rings is 2. The fourth-order valence-electron chi connectivity index (χ4n) is 2.61. The summed E-state index contributed by atoms with van der Waals surface area (Å²) in [5.74, 6) is 1.54. The van der Waals surface area contributed by atoms with Gasteiger partial charge in [-0.15, -0.1) is 5.10 Å². The van der Waals surface area contributed by atoms with Gasteiger partial charge in [0.15, 0.2) is 5.82 Å². The molecule has 2 heterocycles. The van der Waals surface area contributed by atoms with Crippen LogP contribution in [0.5, 0.6) is 5.75 Å². The number of aromatic nitrogens is 5. The van der Waals surface area contributed by atoms with Gasteiger partial charge in [-0.05, 0) is 42.0 Å². The van der Waals surface area contributed by atoms with Gasteiger partial charge < -0.3 is 4.74 Å². The van der Waals surface area contributed by atoms with Crippen molar-refractivity contribution in [1.82, 2.24) is 24.8 Å². The molecule has 0 fully saturated rings. The van der Waals surface area contributed by atoms with Gasteiger partial charge in [0.1, 0.15) is 11.4 Å². The van der Waals surface area contributed by atoms with Gasteiger partial charge in [0, 0.05) is 22.3 Å². The van der Waals surface area contributed by atoms with E-state index in [1.165, 1.54) is 5.56 Å². The molecule has 0 saturated heterocycles. The van der Waals surface area contributed by atoms with E-state index in [0.29, 0.717) is 6.54 Å². The minimum absolute atomic E-state index is 0.702. The largest absolute Gasteiger partial charge is 0.497 e. The van der Waals surface area contributed by atoms with Crippen molar-refractivity contribution in [2.75, 3.05) is 7.11 Å². The number of methoxy groups -OCH3 is 1. The Morgan fingerprint density at radius 2 is 1.77 bits per heavy atom. The maximum atomic E-state index is 5.18. The predicted octanol–water partition coefficient (Wildman–Crippen LogP) is 3.95. The van der Waals surface area contributed by atoms with Crippen LogP contribution in [0.3, 0.4) is 0 Å². The summed E-state index contributed by atoms with van der Waals surface area (Å²) >= 11 is 3.45. The quantitative estimate of drug-likeness (QED) is 0.500. The van der Waals surface area contributed by atoms with E-state index in [0.717, 1.165) is 27.3 Å². The second-order valence-electron chi connectivity index (χ2n) is 5.77. The van der Waals surface area contributed by atoms with E-state index in [1.807, 2.05) is 59.5 Å². The average Bonchev–Trinajstić information content (AvgIpc) is 3.33. The lowest BCUT2D eigenvalue weighted by Gasteiger charge is -2.02. The molecule has 0 aliphatic heterocycles. The van der Waals surface area contributed by atoms with Crippen molar-refractivity contribution in [1.29, 1.82) is 0 Å². The third-order valence-corrected chi connectivity index (χ3v) is 4.53. The van der Waals surface area contributed by atoms with Crippen molar-refractivity contribution in [3.05, 3.63) is 77.0 Å². The summed E-state index contributed by atoms with van der Waals surface area (Å²) in [5, 5.41) is 13.0. The molecule has 2 aromatic carbocycles. The molecule has 7 heteroatoms. The molecule has 4 rings (SSSR count). The smallest absolute Gasteiger partial charge is 0.176 e. The molecular weight excluding hydrogens is 394 g/mol. The fraction of sp³-hybridized carbons (Fsp3) is 0.105. The highest BCUT2D eigenvalue weighted by molar-refractivity contribution is 9.10. The Hall–Kier alpha value is -2.93. The number of nitrogens with zero attached hydrogens (tertiary/aromatic N) is 5. The van der Waals surface area contributed by atoms with E-state index in [9.17, 15) is 0 Å². The molecular formula is C19H16BrN5O. The van der Waals surface area contributed by atoms with E-state index >= 15 is 0 Å². The summed E-state index contributed by atoms with van der Waals surface area (Å²) in [6, 6.07) is 17.8. The highest BCUT2D eigenvalue weighted by Crippen LogP contribution is 2.20. The first-order chi connectivity index (χ1) is 12.7. The summed E-state index contributed by atoms with van der Waals surface area (Å²) in [6.45, 7) is 0.702. The first-order valence-electron chi connectivity index (χ1n) is 8.06. The molecule has 0 unspecified atom stereocenters. The van der Waals surface area contributed by atoms with Crippen molar-refractivity contribution < 1.29 is 4.74 Å². The Morgan fingerprint density at radius 3 is 2.50 bits per heavy atom. The lowest BCUT2D eigenvalue weighted by Crippen LogP contribution is -2.03. The van der Waals surface area contributed by atoms with Crippen LogP contribution in [0, 0.1) is 0 Å². The van der Waals surface area contributed by atoms with E-state index in [2.05, 4.69) is 43.5 Å². The van der Waals surface area contributed by atoms with Crippen LogP contribution >= 0.6 is 15.9 Å². The zero-order valence-electron chi connectivity index (χ0n) is 14.1. The van der Waals surface area contributed by atoms with Crippen molar-refractivity contribution >= 4 is 15.9 Å². The zero-order valence-corrected chi connectivity index (χ0v) is 15.7. The Kier molecular flexibility index (Phi) is 4.53. The minimum atomic E-state index is 0.702. The second-order valence-corrected chi connectivity index (χ2v) is 6.69. The number of hydrogen-bond acceptors (Lipinski definition) is 4. The van der Waals surface area contributed by atoms with Crippen molar-refractivity contribution in [2.24, 2.45) is 0 Å². The molecule has 0 spiro atoms. The van der Waals surface area contributed by atoms with Gasteiger partial charge in [-0.1, -0.05) is 33.3 Å². The van der Waals surface area contributed by atoms with Gasteiger partial charge in [-0.2, -0.15) is 9.78 Å². The van der Waals surface area contributed by atoms with E-state index in [-0.39, 0.29) is 0 Å². The van der Waals surface area contributed by atoms with E-state index < -0.39 is 0 Å². The molecule has 0 radical (unpaired) electrons. The van der Waals surface area contributed by atoms with Gasteiger partial charge in [-0.25, -0.2) is 0 Å². The van der Waals surface area contributed by atoms with Crippen LogP contribution in [-0.4, -0.2) is 31.9 Å². The topological polar surface area (TPSA) is 57.8 Å². The number of rotatable bonds is 5. The van der Waals surface area contributed by atoms with Gasteiger partial charge in [0.2, 0.25) is 0 Å². The monoisotopic (exact) mass is 409 g/mol. The van der Waals surface area contributed by atoms with E-state index in [4.69, 9.17) is 4.74 Å². The fourth-order valence-corrected chi connectivity index (χ4v) is 2.87. The highest BCUT2D eigenvalue weighted by Gasteiger charge is 2.08. The van der Waals surface area contributed by atoms with Crippen LogP contribution in [0.4, 0.5) is 0 Å². The first-order valence-corrected chi connectivity index (χ1v) is 8.85. The summed E-state index contributed by atoms with van der Waals surface area (Å²) in [6.07, 6.45) is 3.81. The molecule has 0 aliphatic rings. The molecule has 0 aliphatic carbocycles. The lowest BCUT2D eigenvalue weighted by molar-refractivity contribution is 0.415. The molecule has 26 heavy (non-hydrogen) atoms. The first kappa shape index (κ1) is 16.5. The summed E-state index contributed by atoms with van der Waals surface area (Å²) in [4.78, 5) is 0.